The van der Waals surface area contributed by atoms with Gasteiger partial charge < -0.3 is 9.84 Å². The Morgan fingerprint density at radius 2 is 2.08 bits per heavy atom. The molecule has 1 rings (SSSR count). The standard InChI is InChI=1S/C21H28FNO3/c1-5-10-23(4)11-6-7-12-26-18-8-9-19(20(22)15-18)21(25)14-17(24)13-16(2)3/h5-9,13,15,17,24H,1,10-12,14H2,2-4H3. The molecular weight excluding hydrogens is 333 g/mol. The third-order valence-corrected chi connectivity index (χ3v) is 3.53. The van der Waals surface area contributed by atoms with Crippen molar-refractivity contribution in [3.8, 4) is 5.75 Å². The molecule has 0 aliphatic heterocycles. The van der Waals surface area contributed by atoms with Gasteiger partial charge in [-0.2, -0.15) is 0 Å². The zero-order valence-corrected chi connectivity index (χ0v) is 15.7. The van der Waals surface area contributed by atoms with E-state index < -0.39 is 17.7 Å². The number of aliphatic hydroxyl groups is 1. The van der Waals surface area contributed by atoms with Crippen molar-refractivity contribution in [2.45, 2.75) is 26.4 Å². The first kappa shape index (κ1) is 21.8. The highest BCUT2D eigenvalue weighted by Gasteiger charge is 2.15. The van der Waals surface area contributed by atoms with Crippen LogP contribution in [0, 0.1) is 5.82 Å². The van der Waals surface area contributed by atoms with Crippen molar-refractivity contribution in [1.29, 1.82) is 0 Å². The van der Waals surface area contributed by atoms with Gasteiger partial charge in [-0.3, -0.25) is 9.69 Å². The summed E-state index contributed by atoms with van der Waals surface area (Å²) < 4.78 is 19.6. The van der Waals surface area contributed by atoms with Gasteiger partial charge in [0.1, 0.15) is 18.2 Å². The van der Waals surface area contributed by atoms with E-state index in [1.807, 2.05) is 39.1 Å². The van der Waals surface area contributed by atoms with Crippen LogP contribution in [0.3, 0.4) is 0 Å². The minimum atomic E-state index is -0.910. The molecule has 1 aromatic carbocycles. The van der Waals surface area contributed by atoms with E-state index in [0.717, 1.165) is 18.7 Å². The van der Waals surface area contributed by atoms with E-state index in [-0.39, 0.29) is 12.0 Å². The Kier molecular flexibility index (Phi) is 9.55. The molecule has 4 nitrogen and oxygen atoms in total. The van der Waals surface area contributed by atoms with Crippen LogP contribution in [0.25, 0.3) is 0 Å². The molecule has 1 N–H and O–H groups in total. The normalized spacial score (nSPS) is 12.2. The highest BCUT2D eigenvalue weighted by atomic mass is 19.1. The van der Waals surface area contributed by atoms with Crippen LogP contribution >= 0.6 is 0 Å². The number of hydrogen-bond acceptors (Lipinski definition) is 4. The van der Waals surface area contributed by atoms with Gasteiger partial charge in [0.2, 0.25) is 0 Å². The molecule has 0 heterocycles. The number of allylic oxidation sites excluding steroid dienone is 1. The van der Waals surface area contributed by atoms with Crippen molar-refractivity contribution in [1.82, 2.24) is 4.90 Å². The third-order valence-electron chi connectivity index (χ3n) is 3.53. The number of rotatable bonds is 11. The van der Waals surface area contributed by atoms with Crippen molar-refractivity contribution in [2.75, 3.05) is 26.7 Å². The smallest absolute Gasteiger partial charge is 0.168 e. The van der Waals surface area contributed by atoms with Crippen molar-refractivity contribution >= 4 is 5.78 Å². The second-order valence-electron chi connectivity index (χ2n) is 6.37. The Balaban J connectivity index is 2.56. The van der Waals surface area contributed by atoms with Gasteiger partial charge in [-0.05, 0) is 33.0 Å². The summed E-state index contributed by atoms with van der Waals surface area (Å²) in [7, 11) is 1.98. The summed E-state index contributed by atoms with van der Waals surface area (Å²) in [4.78, 5) is 14.2. The minimum Gasteiger partial charge on any atom is -0.489 e. The van der Waals surface area contributed by atoms with Crippen LogP contribution in [0.15, 0.2) is 54.7 Å². The SMILES string of the molecule is C=CCN(C)CC=CCOc1ccc(C(=O)CC(O)C=C(C)C)c(F)c1. The fraction of sp³-hybridized carbons (Fsp3) is 0.381. The van der Waals surface area contributed by atoms with E-state index in [9.17, 15) is 14.3 Å². The molecule has 0 bridgehead atoms. The van der Waals surface area contributed by atoms with E-state index >= 15 is 0 Å². The van der Waals surface area contributed by atoms with Gasteiger partial charge in [0.15, 0.2) is 5.78 Å². The maximum absolute atomic E-state index is 14.1. The number of hydrogen-bond donors (Lipinski definition) is 1. The number of aliphatic hydroxyl groups excluding tert-OH is 1. The Hall–Kier alpha value is -2.24. The molecule has 0 fully saturated rings. The topological polar surface area (TPSA) is 49.8 Å². The van der Waals surface area contributed by atoms with Gasteiger partial charge in [0.25, 0.3) is 0 Å². The third kappa shape index (κ3) is 8.23. The number of Topliss-reactive ketones (excluding diaryl/α,β-unsaturated/α-hetero) is 1. The molecule has 0 aliphatic carbocycles. The van der Waals surface area contributed by atoms with Crippen molar-refractivity contribution < 1.29 is 19.0 Å². The molecule has 1 atom stereocenters. The molecule has 0 saturated heterocycles. The van der Waals surface area contributed by atoms with Crippen molar-refractivity contribution in [3.05, 3.63) is 66.0 Å². The maximum Gasteiger partial charge on any atom is 0.168 e. The fourth-order valence-electron chi connectivity index (χ4n) is 2.32. The molecule has 0 spiro atoms. The summed E-state index contributed by atoms with van der Waals surface area (Å²) in [6, 6.07) is 4.14. The predicted octanol–water partition coefficient (Wildman–Crippen LogP) is 3.78. The second-order valence-corrected chi connectivity index (χ2v) is 6.37. The van der Waals surface area contributed by atoms with E-state index in [2.05, 4.69) is 11.5 Å². The second kappa shape index (κ2) is 11.4. The largest absolute Gasteiger partial charge is 0.489 e. The van der Waals surface area contributed by atoms with Crippen LogP contribution in [-0.2, 0) is 0 Å². The maximum atomic E-state index is 14.1. The lowest BCUT2D eigenvalue weighted by Gasteiger charge is -2.10. The average Bonchev–Trinajstić information content (AvgIpc) is 2.53. The minimum absolute atomic E-state index is 0.0415. The van der Waals surface area contributed by atoms with Gasteiger partial charge in [-0.1, -0.05) is 29.9 Å². The van der Waals surface area contributed by atoms with E-state index in [1.165, 1.54) is 12.1 Å². The molecule has 0 aromatic heterocycles. The first-order chi connectivity index (χ1) is 12.3. The lowest BCUT2D eigenvalue weighted by Crippen LogP contribution is -2.17. The summed E-state index contributed by atoms with van der Waals surface area (Å²) in [6.07, 6.45) is 6.16. The van der Waals surface area contributed by atoms with Gasteiger partial charge in [-0.15, -0.1) is 6.58 Å². The summed E-state index contributed by atoms with van der Waals surface area (Å²) in [5.74, 6) is -0.733. The van der Waals surface area contributed by atoms with Gasteiger partial charge in [-0.25, -0.2) is 4.39 Å². The lowest BCUT2D eigenvalue weighted by molar-refractivity contribution is 0.0918. The number of likely N-dealkylation sites (N-methyl/N-ethyl adjacent to an activating group) is 1. The van der Waals surface area contributed by atoms with E-state index in [4.69, 9.17) is 4.74 Å². The predicted molar refractivity (Wildman–Crippen MR) is 103 cm³/mol. The van der Waals surface area contributed by atoms with Crippen LogP contribution in [0.4, 0.5) is 4.39 Å². The summed E-state index contributed by atoms with van der Waals surface area (Å²) in [5, 5.41) is 9.78. The number of ether oxygens (including phenoxy) is 1. The van der Waals surface area contributed by atoms with E-state index in [0.29, 0.717) is 12.4 Å². The summed E-state index contributed by atoms with van der Waals surface area (Å²) >= 11 is 0. The number of nitrogens with zero attached hydrogens (tertiary/aromatic N) is 1. The molecule has 1 unspecified atom stereocenters. The summed E-state index contributed by atoms with van der Waals surface area (Å²) in [5.41, 5.74) is 0.860. The quantitative estimate of drug-likeness (QED) is 0.481. The Labute approximate surface area is 155 Å². The first-order valence-corrected chi connectivity index (χ1v) is 8.56. The number of carbonyl (C=O) groups excluding carboxylic acids is 1. The highest BCUT2D eigenvalue weighted by Crippen LogP contribution is 2.19. The molecule has 5 heteroatoms. The summed E-state index contributed by atoms with van der Waals surface area (Å²) in [6.45, 7) is 9.21. The molecule has 0 saturated carbocycles. The zero-order valence-electron chi connectivity index (χ0n) is 15.7. The number of carbonyl (C=O) groups is 1. The number of ketones is 1. The van der Waals surface area contributed by atoms with Gasteiger partial charge >= 0.3 is 0 Å². The Morgan fingerprint density at radius 3 is 2.69 bits per heavy atom. The van der Waals surface area contributed by atoms with Crippen LogP contribution in [0.1, 0.15) is 30.6 Å². The molecule has 26 heavy (non-hydrogen) atoms. The average molecular weight is 361 g/mol. The highest BCUT2D eigenvalue weighted by molar-refractivity contribution is 5.96. The fourth-order valence-corrected chi connectivity index (χ4v) is 2.32. The number of halogens is 1. The van der Waals surface area contributed by atoms with Crippen molar-refractivity contribution in [3.63, 3.8) is 0 Å². The molecule has 0 aliphatic rings. The van der Waals surface area contributed by atoms with Crippen LogP contribution in [0.2, 0.25) is 0 Å². The molecule has 0 radical (unpaired) electrons. The van der Waals surface area contributed by atoms with Crippen LogP contribution in [0.5, 0.6) is 5.75 Å². The number of benzene rings is 1. The van der Waals surface area contributed by atoms with Crippen molar-refractivity contribution in [2.24, 2.45) is 0 Å². The first-order valence-electron chi connectivity index (χ1n) is 8.56. The molecule has 142 valence electrons. The van der Waals surface area contributed by atoms with E-state index in [1.54, 1.807) is 12.1 Å². The molecule has 0 amide bonds. The lowest BCUT2D eigenvalue weighted by atomic mass is 10.0. The Bertz CT molecular complexity index is 663. The van der Waals surface area contributed by atoms with Gasteiger partial charge in [0.05, 0.1) is 11.7 Å². The van der Waals surface area contributed by atoms with Crippen LogP contribution in [-0.4, -0.2) is 48.6 Å². The van der Waals surface area contributed by atoms with Gasteiger partial charge in [0, 0.05) is 25.6 Å². The zero-order chi connectivity index (χ0) is 19.5. The molecule has 1 aromatic rings. The Morgan fingerprint density at radius 1 is 1.35 bits per heavy atom. The molecular formula is C21H28FNO3. The van der Waals surface area contributed by atoms with Crippen LogP contribution < -0.4 is 4.74 Å². The monoisotopic (exact) mass is 361 g/mol.